The molecule has 1 saturated carbocycles. The summed E-state index contributed by atoms with van der Waals surface area (Å²) < 4.78 is 5.47. The molecule has 1 aliphatic carbocycles. The maximum atomic E-state index is 5.57. The molecule has 72 valence electrons. The monoisotopic (exact) mass is 171 g/mol. The highest BCUT2D eigenvalue weighted by Gasteiger charge is 2.20. The molecule has 1 rings (SSSR count). The van der Waals surface area contributed by atoms with Crippen LogP contribution in [0.5, 0.6) is 0 Å². The lowest BCUT2D eigenvalue weighted by molar-refractivity contribution is 0.0609. The van der Waals surface area contributed by atoms with Crippen LogP contribution in [0.1, 0.15) is 39.0 Å². The minimum atomic E-state index is 0.314. The van der Waals surface area contributed by atoms with E-state index in [0.29, 0.717) is 12.6 Å². The van der Waals surface area contributed by atoms with Crippen LogP contribution >= 0.6 is 0 Å². The van der Waals surface area contributed by atoms with Crippen molar-refractivity contribution in [1.29, 1.82) is 0 Å². The van der Waals surface area contributed by atoms with Gasteiger partial charge < -0.3 is 10.5 Å². The predicted molar refractivity (Wildman–Crippen MR) is 51.0 cm³/mol. The maximum Gasteiger partial charge on any atom is 0.0697 e. The third-order valence-corrected chi connectivity index (χ3v) is 2.50. The molecule has 1 fully saturated rings. The van der Waals surface area contributed by atoms with Crippen LogP contribution in [0.3, 0.4) is 0 Å². The van der Waals surface area contributed by atoms with Crippen molar-refractivity contribution in [2.24, 2.45) is 11.7 Å². The highest BCUT2D eigenvalue weighted by atomic mass is 16.5. The summed E-state index contributed by atoms with van der Waals surface area (Å²) in [6.45, 7) is 3.51. The van der Waals surface area contributed by atoms with E-state index in [4.69, 9.17) is 10.5 Å². The molecule has 0 aliphatic heterocycles. The fraction of sp³-hybridized carbons (Fsp3) is 1.00. The van der Waals surface area contributed by atoms with Gasteiger partial charge in [-0.2, -0.15) is 0 Å². The molecule has 1 aliphatic rings. The van der Waals surface area contributed by atoms with Gasteiger partial charge in [0, 0.05) is 13.2 Å². The SMILES string of the molecule is CCOC(CN)CCCC1CC1. The molecule has 0 aromatic rings. The largest absolute Gasteiger partial charge is 0.377 e. The Labute approximate surface area is 75.5 Å². The van der Waals surface area contributed by atoms with Crippen LogP contribution in [-0.2, 0) is 4.74 Å². The number of hydrogen-bond acceptors (Lipinski definition) is 2. The molecular formula is C10H21NO. The van der Waals surface area contributed by atoms with Gasteiger partial charge in [0.15, 0.2) is 0 Å². The Balaban J connectivity index is 1.93. The van der Waals surface area contributed by atoms with E-state index >= 15 is 0 Å². The van der Waals surface area contributed by atoms with E-state index in [1.165, 1.54) is 25.7 Å². The normalized spacial score (nSPS) is 19.5. The van der Waals surface area contributed by atoms with Crippen LogP contribution in [0.15, 0.2) is 0 Å². The summed E-state index contributed by atoms with van der Waals surface area (Å²) in [7, 11) is 0. The van der Waals surface area contributed by atoms with E-state index in [2.05, 4.69) is 0 Å². The Morgan fingerprint density at radius 1 is 1.50 bits per heavy atom. The van der Waals surface area contributed by atoms with Gasteiger partial charge in [0.1, 0.15) is 0 Å². The highest BCUT2D eigenvalue weighted by molar-refractivity contribution is 4.73. The van der Waals surface area contributed by atoms with Crippen LogP contribution < -0.4 is 5.73 Å². The second-order valence-corrected chi connectivity index (χ2v) is 3.69. The molecule has 2 nitrogen and oxygen atoms in total. The zero-order valence-corrected chi connectivity index (χ0v) is 8.09. The molecule has 0 aromatic carbocycles. The molecule has 2 heteroatoms. The standard InChI is InChI=1S/C10H21NO/c1-2-12-10(8-11)5-3-4-9-6-7-9/h9-10H,2-8,11H2,1H3. The smallest absolute Gasteiger partial charge is 0.0697 e. The molecule has 0 amide bonds. The average Bonchev–Trinajstić information content (AvgIpc) is 2.87. The minimum absolute atomic E-state index is 0.314. The van der Waals surface area contributed by atoms with Gasteiger partial charge in [-0.3, -0.25) is 0 Å². The summed E-state index contributed by atoms with van der Waals surface area (Å²) >= 11 is 0. The maximum absolute atomic E-state index is 5.57. The van der Waals surface area contributed by atoms with Crippen LogP contribution in [0.4, 0.5) is 0 Å². The third-order valence-electron chi connectivity index (χ3n) is 2.50. The van der Waals surface area contributed by atoms with Gasteiger partial charge in [-0.25, -0.2) is 0 Å². The van der Waals surface area contributed by atoms with Gasteiger partial charge in [0.25, 0.3) is 0 Å². The van der Waals surface area contributed by atoms with Crippen LogP contribution in [-0.4, -0.2) is 19.3 Å². The molecule has 1 unspecified atom stereocenters. The molecular weight excluding hydrogens is 150 g/mol. The molecule has 0 saturated heterocycles. The lowest BCUT2D eigenvalue weighted by Crippen LogP contribution is -2.23. The van der Waals surface area contributed by atoms with Gasteiger partial charge in [0.05, 0.1) is 6.10 Å². The first-order valence-electron chi connectivity index (χ1n) is 5.18. The minimum Gasteiger partial charge on any atom is -0.377 e. The first-order valence-corrected chi connectivity index (χ1v) is 5.18. The predicted octanol–water partition coefficient (Wildman–Crippen LogP) is 1.93. The summed E-state index contributed by atoms with van der Waals surface area (Å²) in [4.78, 5) is 0. The van der Waals surface area contributed by atoms with E-state index in [-0.39, 0.29) is 0 Å². The molecule has 1 atom stereocenters. The topological polar surface area (TPSA) is 35.2 Å². The first-order chi connectivity index (χ1) is 5.86. The number of nitrogens with two attached hydrogens (primary N) is 1. The highest BCUT2D eigenvalue weighted by Crippen LogP contribution is 2.34. The van der Waals surface area contributed by atoms with E-state index in [1.807, 2.05) is 6.92 Å². The van der Waals surface area contributed by atoms with Crippen molar-refractivity contribution in [3.63, 3.8) is 0 Å². The zero-order chi connectivity index (χ0) is 8.81. The van der Waals surface area contributed by atoms with Crippen molar-refractivity contribution in [3.05, 3.63) is 0 Å². The summed E-state index contributed by atoms with van der Waals surface area (Å²) in [5.41, 5.74) is 5.57. The Bertz CT molecular complexity index is 112. The number of ether oxygens (including phenoxy) is 1. The van der Waals surface area contributed by atoms with Gasteiger partial charge in [-0.1, -0.05) is 25.7 Å². The van der Waals surface area contributed by atoms with Gasteiger partial charge in [0.2, 0.25) is 0 Å². The van der Waals surface area contributed by atoms with E-state index in [1.54, 1.807) is 0 Å². The van der Waals surface area contributed by atoms with Gasteiger partial charge in [-0.05, 0) is 19.3 Å². The van der Waals surface area contributed by atoms with Crippen molar-refractivity contribution in [3.8, 4) is 0 Å². The van der Waals surface area contributed by atoms with Gasteiger partial charge in [-0.15, -0.1) is 0 Å². The fourth-order valence-electron chi connectivity index (χ4n) is 1.55. The van der Waals surface area contributed by atoms with Crippen LogP contribution in [0.25, 0.3) is 0 Å². The first kappa shape index (κ1) is 10.0. The number of rotatable bonds is 7. The van der Waals surface area contributed by atoms with Crippen molar-refractivity contribution in [2.75, 3.05) is 13.2 Å². The summed E-state index contributed by atoms with van der Waals surface area (Å²) in [5.74, 6) is 1.05. The molecule has 0 spiro atoms. The van der Waals surface area contributed by atoms with E-state index in [0.717, 1.165) is 18.9 Å². The zero-order valence-electron chi connectivity index (χ0n) is 8.09. The van der Waals surface area contributed by atoms with E-state index in [9.17, 15) is 0 Å². The summed E-state index contributed by atoms with van der Waals surface area (Å²) in [6, 6.07) is 0. The lowest BCUT2D eigenvalue weighted by atomic mass is 10.1. The van der Waals surface area contributed by atoms with Crippen molar-refractivity contribution < 1.29 is 4.74 Å². The summed E-state index contributed by atoms with van der Waals surface area (Å²) in [6.07, 6.45) is 7.08. The molecule has 0 radical (unpaired) electrons. The molecule has 12 heavy (non-hydrogen) atoms. The number of hydrogen-bond donors (Lipinski definition) is 1. The summed E-state index contributed by atoms with van der Waals surface area (Å²) in [5, 5.41) is 0. The third kappa shape index (κ3) is 4.07. The van der Waals surface area contributed by atoms with E-state index < -0.39 is 0 Å². The Kier molecular flexibility index (Phi) is 4.62. The molecule has 0 heterocycles. The van der Waals surface area contributed by atoms with Crippen molar-refractivity contribution in [2.45, 2.75) is 45.1 Å². The van der Waals surface area contributed by atoms with Crippen LogP contribution in [0.2, 0.25) is 0 Å². The second-order valence-electron chi connectivity index (χ2n) is 3.69. The molecule has 2 N–H and O–H groups in total. The van der Waals surface area contributed by atoms with Crippen molar-refractivity contribution in [1.82, 2.24) is 0 Å². The quantitative estimate of drug-likeness (QED) is 0.635. The Morgan fingerprint density at radius 2 is 2.25 bits per heavy atom. The van der Waals surface area contributed by atoms with Crippen molar-refractivity contribution >= 4 is 0 Å². The lowest BCUT2D eigenvalue weighted by Gasteiger charge is -2.13. The Hall–Kier alpha value is -0.0800. The molecule has 0 bridgehead atoms. The fourth-order valence-corrected chi connectivity index (χ4v) is 1.55. The van der Waals surface area contributed by atoms with Crippen LogP contribution in [0, 0.1) is 5.92 Å². The average molecular weight is 171 g/mol. The molecule has 0 aromatic heterocycles. The van der Waals surface area contributed by atoms with Gasteiger partial charge >= 0.3 is 0 Å². The Morgan fingerprint density at radius 3 is 2.75 bits per heavy atom. The second kappa shape index (κ2) is 5.55.